The lowest BCUT2D eigenvalue weighted by Crippen LogP contribution is -2.03. The average Bonchev–Trinajstić information content (AvgIpc) is 2.33. The second kappa shape index (κ2) is 5.23. The van der Waals surface area contributed by atoms with E-state index in [1.807, 2.05) is 37.3 Å². The first-order valence-electron chi connectivity index (χ1n) is 5.05. The Hall–Kier alpha value is -1.94. The van der Waals surface area contributed by atoms with E-state index >= 15 is 0 Å². The number of rotatable bonds is 4. The van der Waals surface area contributed by atoms with Crippen LogP contribution >= 0.6 is 0 Å². The van der Waals surface area contributed by atoms with Gasteiger partial charge in [-0.15, -0.1) is 0 Å². The lowest BCUT2D eigenvalue weighted by Gasteiger charge is -2.05. The summed E-state index contributed by atoms with van der Waals surface area (Å²) in [6.07, 6.45) is 3.51. The van der Waals surface area contributed by atoms with E-state index in [-0.39, 0.29) is 0 Å². The molecule has 82 valence electrons. The standard InChI is InChI=1S/C12H13N3O/c1-10-5-6-11(8-14-10)9-16-15-12-4-2-3-7-13-12/h2-8H,9H2,1H3,(H,13,15). The number of aryl methyl sites for hydroxylation is 1. The second-order valence-corrected chi connectivity index (χ2v) is 3.41. The summed E-state index contributed by atoms with van der Waals surface area (Å²) >= 11 is 0. The van der Waals surface area contributed by atoms with Gasteiger partial charge in [-0.2, -0.15) is 0 Å². The molecular weight excluding hydrogens is 202 g/mol. The summed E-state index contributed by atoms with van der Waals surface area (Å²) in [5.41, 5.74) is 4.79. The van der Waals surface area contributed by atoms with Gasteiger partial charge in [0.1, 0.15) is 12.4 Å². The highest BCUT2D eigenvalue weighted by molar-refractivity contribution is 5.30. The number of hydrogen-bond donors (Lipinski definition) is 1. The maximum Gasteiger partial charge on any atom is 0.149 e. The van der Waals surface area contributed by atoms with Crippen LogP contribution < -0.4 is 5.48 Å². The molecule has 0 saturated heterocycles. The van der Waals surface area contributed by atoms with E-state index in [4.69, 9.17) is 4.84 Å². The van der Waals surface area contributed by atoms with Gasteiger partial charge >= 0.3 is 0 Å². The Morgan fingerprint density at radius 2 is 2.12 bits per heavy atom. The first kappa shape index (κ1) is 10.6. The molecule has 2 aromatic rings. The average molecular weight is 215 g/mol. The van der Waals surface area contributed by atoms with Crippen molar-refractivity contribution in [1.82, 2.24) is 9.97 Å². The van der Waals surface area contributed by atoms with E-state index in [9.17, 15) is 0 Å². The fourth-order valence-electron chi connectivity index (χ4n) is 1.20. The number of hydrogen-bond acceptors (Lipinski definition) is 4. The van der Waals surface area contributed by atoms with Crippen LogP contribution in [-0.4, -0.2) is 9.97 Å². The molecule has 2 rings (SSSR count). The lowest BCUT2D eigenvalue weighted by molar-refractivity contribution is 0.178. The van der Waals surface area contributed by atoms with Crippen LogP contribution in [-0.2, 0) is 11.4 Å². The lowest BCUT2D eigenvalue weighted by atomic mass is 10.3. The molecule has 4 heteroatoms. The highest BCUT2D eigenvalue weighted by Gasteiger charge is 1.94. The van der Waals surface area contributed by atoms with Gasteiger partial charge in [0.05, 0.1) is 0 Å². The number of nitrogens with one attached hydrogen (secondary N) is 1. The fraction of sp³-hybridized carbons (Fsp3) is 0.167. The predicted molar refractivity (Wildman–Crippen MR) is 61.6 cm³/mol. The van der Waals surface area contributed by atoms with Gasteiger partial charge in [-0.25, -0.2) is 10.5 Å². The highest BCUT2D eigenvalue weighted by atomic mass is 16.6. The third-order valence-corrected chi connectivity index (χ3v) is 2.05. The smallest absolute Gasteiger partial charge is 0.149 e. The van der Waals surface area contributed by atoms with Crippen molar-refractivity contribution in [2.75, 3.05) is 5.48 Å². The van der Waals surface area contributed by atoms with Crippen LogP contribution in [0.5, 0.6) is 0 Å². The minimum absolute atomic E-state index is 0.462. The van der Waals surface area contributed by atoms with Crippen molar-refractivity contribution in [1.29, 1.82) is 0 Å². The van der Waals surface area contributed by atoms with Crippen molar-refractivity contribution in [3.8, 4) is 0 Å². The molecule has 0 saturated carbocycles. The van der Waals surface area contributed by atoms with Crippen LogP contribution in [0.1, 0.15) is 11.3 Å². The highest BCUT2D eigenvalue weighted by Crippen LogP contribution is 2.04. The van der Waals surface area contributed by atoms with Crippen LogP contribution in [0.4, 0.5) is 5.82 Å². The molecule has 0 unspecified atom stereocenters. The Labute approximate surface area is 94.3 Å². The molecule has 1 N–H and O–H groups in total. The van der Waals surface area contributed by atoms with Crippen molar-refractivity contribution < 1.29 is 4.84 Å². The molecule has 0 atom stereocenters. The maximum absolute atomic E-state index is 5.29. The Morgan fingerprint density at radius 1 is 1.19 bits per heavy atom. The molecule has 2 aromatic heterocycles. The summed E-state index contributed by atoms with van der Waals surface area (Å²) < 4.78 is 0. The molecule has 0 radical (unpaired) electrons. The number of aromatic nitrogens is 2. The molecule has 0 aliphatic heterocycles. The molecule has 0 bridgehead atoms. The van der Waals surface area contributed by atoms with Gasteiger partial charge < -0.3 is 0 Å². The van der Waals surface area contributed by atoms with Crippen molar-refractivity contribution in [3.63, 3.8) is 0 Å². The van der Waals surface area contributed by atoms with Gasteiger partial charge in [-0.3, -0.25) is 9.82 Å². The summed E-state index contributed by atoms with van der Waals surface area (Å²) in [4.78, 5) is 13.5. The monoisotopic (exact) mass is 215 g/mol. The zero-order valence-electron chi connectivity index (χ0n) is 9.05. The fourth-order valence-corrected chi connectivity index (χ4v) is 1.20. The molecule has 16 heavy (non-hydrogen) atoms. The van der Waals surface area contributed by atoms with Crippen LogP contribution in [0.15, 0.2) is 42.7 Å². The zero-order chi connectivity index (χ0) is 11.2. The van der Waals surface area contributed by atoms with Gasteiger partial charge in [0.2, 0.25) is 0 Å². The minimum Gasteiger partial charge on any atom is -0.270 e. The number of pyridine rings is 2. The summed E-state index contributed by atoms with van der Waals surface area (Å²) in [6.45, 7) is 2.42. The molecule has 4 nitrogen and oxygen atoms in total. The zero-order valence-corrected chi connectivity index (χ0v) is 9.05. The largest absolute Gasteiger partial charge is 0.270 e. The quantitative estimate of drug-likeness (QED) is 0.795. The molecule has 0 aliphatic carbocycles. The van der Waals surface area contributed by atoms with Gasteiger partial charge in [0, 0.05) is 18.1 Å². The Morgan fingerprint density at radius 3 is 2.81 bits per heavy atom. The third kappa shape index (κ3) is 3.03. The first-order valence-corrected chi connectivity index (χ1v) is 5.05. The third-order valence-electron chi connectivity index (χ3n) is 2.05. The van der Waals surface area contributed by atoms with Crippen molar-refractivity contribution in [2.45, 2.75) is 13.5 Å². The van der Waals surface area contributed by atoms with Crippen LogP contribution in [0.3, 0.4) is 0 Å². The van der Waals surface area contributed by atoms with Crippen molar-refractivity contribution in [3.05, 3.63) is 54.0 Å². The van der Waals surface area contributed by atoms with Crippen LogP contribution in [0, 0.1) is 6.92 Å². The van der Waals surface area contributed by atoms with Crippen LogP contribution in [0.2, 0.25) is 0 Å². The number of nitrogens with zero attached hydrogens (tertiary/aromatic N) is 2. The van der Waals surface area contributed by atoms with Crippen molar-refractivity contribution in [2.24, 2.45) is 0 Å². The summed E-state index contributed by atoms with van der Waals surface area (Å²) in [7, 11) is 0. The molecule has 0 aliphatic rings. The number of anilines is 1. The molecule has 0 amide bonds. The van der Waals surface area contributed by atoms with E-state index in [0.717, 1.165) is 11.3 Å². The predicted octanol–water partition coefficient (Wildman–Crippen LogP) is 2.33. The maximum atomic E-state index is 5.29. The minimum atomic E-state index is 0.462. The van der Waals surface area contributed by atoms with E-state index in [1.54, 1.807) is 12.4 Å². The Bertz CT molecular complexity index is 428. The molecule has 0 fully saturated rings. The molecule has 0 aromatic carbocycles. The summed E-state index contributed by atoms with van der Waals surface area (Å²) in [6, 6.07) is 9.54. The Balaban J connectivity index is 1.82. The first-order chi connectivity index (χ1) is 7.84. The summed E-state index contributed by atoms with van der Waals surface area (Å²) in [5.74, 6) is 0.697. The van der Waals surface area contributed by atoms with Crippen molar-refractivity contribution >= 4 is 5.82 Å². The van der Waals surface area contributed by atoms with Gasteiger partial charge in [0.15, 0.2) is 0 Å². The molecule has 2 heterocycles. The SMILES string of the molecule is Cc1ccc(CONc2ccccn2)cn1. The molecular formula is C12H13N3O. The van der Waals surface area contributed by atoms with Gasteiger partial charge in [0.25, 0.3) is 0 Å². The molecule has 0 spiro atoms. The van der Waals surface area contributed by atoms with E-state index in [1.165, 1.54) is 0 Å². The van der Waals surface area contributed by atoms with Crippen LogP contribution in [0.25, 0.3) is 0 Å². The topological polar surface area (TPSA) is 47.0 Å². The normalized spacial score (nSPS) is 10.1. The van der Waals surface area contributed by atoms with E-state index < -0.39 is 0 Å². The van der Waals surface area contributed by atoms with Gasteiger partial charge in [-0.1, -0.05) is 12.1 Å². The summed E-state index contributed by atoms with van der Waals surface area (Å²) in [5, 5.41) is 0. The van der Waals surface area contributed by atoms with E-state index in [2.05, 4.69) is 15.4 Å². The second-order valence-electron chi connectivity index (χ2n) is 3.41. The van der Waals surface area contributed by atoms with E-state index in [0.29, 0.717) is 12.4 Å². The Kier molecular flexibility index (Phi) is 3.46. The van der Waals surface area contributed by atoms with Gasteiger partial charge in [-0.05, 0) is 30.7 Å².